The molecule has 0 spiro atoms. The van der Waals surface area contributed by atoms with Gasteiger partial charge in [-0.3, -0.25) is 0 Å². The average molecular weight is 244 g/mol. The van der Waals surface area contributed by atoms with E-state index in [0.717, 1.165) is 29.7 Å². The first-order valence-corrected chi connectivity index (χ1v) is 5.72. The molecular formula is C13H16N4O. The number of hydrogen-bond acceptors (Lipinski definition) is 5. The lowest BCUT2D eigenvalue weighted by atomic mass is 10.1. The van der Waals surface area contributed by atoms with Crippen molar-refractivity contribution in [2.45, 2.75) is 19.8 Å². The largest absolute Gasteiger partial charge is 0.508 e. The number of hydrogen-bond donors (Lipinski definition) is 3. The SMILES string of the molecule is Cc1c(N)nc(N)nc1CCc1ccc(O)cc1. The molecule has 0 atom stereocenters. The maximum atomic E-state index is 9.21. The van der Waals surface area contributed by atoms with Crippen molar-refractivity contribution in [3.05, 3.63) is 41.1 Å². The smallest absolute Gasteiger partial charge is 0.222 e. The lowest BCUT2D eigenvalue weighted by Gasteiger charge is -2.08. The summed E-state index contributed by atoms with van der Waals surface area (Å²) in [7, 11) is 0. The van der Waals surface area contributed by atoms with E-state index in [0.29, 0.717) is 5.82 Å². The Labute approximate surface area is 105 Å². The summed E-state index contributed by atoms with van der Waals surface area (Å²) in [6.07, 6.45) is 1.56. The number of aromatic hydroxyl groups is 1. The lowest BCUT2D eigenvalue weighted by Crippen LogP contribution is -2.07. The first-order chi connectivity index (χ1) is 8.56. The molecule has 0 unspecified atom stereocenters. The number of aromatic nitrogens is 2. The van der Waals surface area contributed by atoms with Gasteiger partial charge in [-0.05, 0) is 37.5 Å². The van der Waals surface area contributed by atoms with Crippen molar-refractivity contribution in [2.75, 3.05) is 11.5 Å². The number of nitrogens with zero attached hydrogens (tertiary/aromatic N) is 2. The van der Waals surface area contributed by atoms with Crippen molar-refractivity contribution < 1.29 is 5.11 Å². The van der Waals surface area contributed by atoms with E-state index in [1.54, 1.807) is 12.1 Å². The lowest BCUT2D eigenvalue weighted by molar-refractivity contribution is 0.475. The van der Waals surface area contributed by atoms with E-state index >= 15 is 0 Å². The minimum Gasteiger partial charge on any atom is -0.508 e. The molecule has 2 rings (SSSR count). The van der Waals surface area contributed by atoms with Gasteiger partial charge in [-0.25, -0.2) is 4.98 Å². The summed E-state index contributed by atoms with van der Waals surface area (Å²) in [5.41, 5.74) is 14.2. The van der Waals surface area contributed by atoms with Gasteiger partial charge in [0.15, 0.2) is 0 Å². The van der Waals surface area contributed by atoms with Crippen molar-refractivity contribution in [3.63, 3.8) is 0 Å². The maximum absolute atomic E-state index is 9.21. The van der Waals surface area contributed by atoms with Crippen molar-refractivity contribution in [2.24, 2.45) is 0 Å². The van der Waals surface area contributed by atoms with Crippen LogP contribution in [0.1, 0.15) is 16.8 Å². The summed E-state index contributed by atoms with van der Waals surface area (Å²) in [5, 5.41) is 9.21. The van der Waals surface area contributed by atoms with E-state index in [9.17, 15) is 5.11 Å². The van der Waals surface area contributed by atoms with Crippen LogP contribution in [0.2, 0.25) is 0 Å². The maximum Gasteiger partial charge on any atom is 0.222 e. The highest BCUT2D eigenvalue weighted by Crippen LogP contribution is 2.16. The fourth-order valence-corrected chi connectivity index (χ4v) is 1.77. The summed E-state index contributed by atoms with van der Waals surface area (Å²) >= 11 is 0. The van der Waals surface area contributed by atoms with Gasteiger partial charge in [-0.2, -0.15) is 4.98 Å². The first kappa shape index (κ1) is 12.2. The Hall–Kier alpha value is -2.30. The predicted octanol–water partition coefficient (Wildman–Crippen LogP) is 1.44. The van der Waals surface area contributed by atoms with Crippen LogP contribution < -0.4 is 11.5 Å². The molecule has 5 heteroatoms. The molecule has 1 aromatic carbocycles. The second-order valence-corrected chi connectivity index (χ2v) is 4.21. The van der Waals surface area contributed by atoms with Gasteiger partial charge in [0.05, 0.1) is 5.69 Å². The Kier molecular flexibility index (Phi) is 3.32. The monoisotopic (exact) mass is 244 g/mol. The number of rotatable bonds is 3. The Bertz CT molecular complexity index is 552. The van der Waals surface area contributed by atoms with Gasteiger partial charge in [0.1, 0.15) is 11.6 Å². The molecule has 0 fully saturated rings. The predicted molar refractivity (Wildman–Crippen MR) is 71.1 cm³/mol. The van der Waals surface area contributed by atoms with Crippen molar-refractivity contribution in [1.82, 2.24) is 9.97 Å². The van der Waals surface area contributed by atoms with E-state index in [1.807, 2.05) is 19.1 Å². The molecule has 0 radical (unpaired) electrons. The van der Waals surface area contributed by atoms with Crippen LogP contribution in [0.25, 0.3) is 0 Å². The second kappa shape index (κ2) is 4.91. The second-order valence-electron chi connectivity index (χ2n) is 4.21. The highest BCUT2D eigenvalue weighted by Gasteiger charge is 2.07. The molecule has 2 aromatic rings. The molecule has 0 saturated heterocycles. The molecule has 18 heavy (non-hydrogen) atoms. The molecule has 5 N–H and O–H groups in total. The third-order valence-corrected chi connectivity index (χ3v) is 2.89. The van der Waals surface area contributed by atoms with Crippen molar-refractivity contribution in [3.8, 4) is 5.75 Å². The number of nitrogens with two attached hydrogens (primary N) is 2. The Morgan fingerprint density at radius 3 is 2.39 bits per heavy atom. The summed E-state index contributed by atoms with van der Waals surface area (Å²) in [6, 6.07) is 7.12. The average Bonchev–Trinajstić information content (AvgIpc) is 2.34. The topological polar surface area (TPSA) is 98.0 Å². The van der Waals surface area contributed by atoms with Gasteiger partial charge in [0, 0.05) is 5.56 Å². The van der Waals surface area contributed by atoms with Crippen LogP contribution in [0.15, 0.2) is 24.3 Å². The number of anilines is 2. The zero-order valence-electron chi connectivity index (χ0n) is 10.2. The summed E-state index contributed by atoms with van der Waals surface area (Å²) in [4.78, 5) is 8.12. The van der Waals surface area contributed by atoms with Crippen LogP contribution in [0.4, 0.5) is 11.8 Å². The molecule has 5 nitrogen and oxygen atoms in total. The Balaban J connectivity index is 2.13. The van der Waals surface area contributed by atoms with Crippen LogP contribution in [0.3, 0.4) is 0 Å². The fraction of sp³-hybridized carbons (Fsp3) is 0.231. The quantitative estimate of drug-likeness (QED) is 0.759. The normalized spacial score (nSPS) is 10.5. The number of nitrogen functional groups attached to an aromatic ring is 2. The molecule has 0 saturated carbocycles. The highest BCUT2D eigenvalue weighted by molar-refractivity contribution is 5.45. The van der Waals surface area contributed by atoms with Gasteiger partial charge in [0.2, 0.25) is 5.95 Å². The van der Waals surface area contributed by atoms with Crippen LogP contribution in [0.5, 0.6) is 5.75 Å². The van der Waals surface area contributed by atoms with E-state index < -0.39 is 0 Å². The molecule has 0 bridgehead atoms. The molecule has 0 amide bonds. The molecule has 1 aromatic heterocycles. The van der Waals surface area contributed by atoms with Gasteiger partial charge >= 0.3 is 0 Å². The van der Waals surface area contributed by atoms with E-state index in [1.165, 1.54) is 0 Å². The fourth-order valence-electron chi connectivity index (χ4n) is 1.77. The van der Waals surface area contributed by atoms with Crippen LogP contribution >= 0.6 is 0 Å². The van der Waals surface area contributed by atoms with Crippen LogP contribution in [-0.2, 0) is 12.8 Å². The Morgan fingerprint density at radius 2 is 1.72 bits per heavy atom. The molecule has 0 aliphatic carbocycles. The Morgan fingerprint density at radius 1 is 1.06 bits per heavy atom. The van der Waals surface area contributed by atoms with Crippen LogP contribution in [-0.4, -0.2) is 15.1 Å². The van der Waals surface area contributed by atoms with Gasteiger partial charge in [-0.15, -0.1) is 0 Å². The first-order valence-electron chi connectivity index (χ1n) is 5.72. The summed E-state index contributed by atoms with van der Waals surface area (Å²) < 4.78 is 0. The molecular weight excluding hydrogens is 228 g/mol. The van der Waals surface area contributed by atoms with Gasteiger partial charge in [-0.1, -0.05) is 12.1 Å². The number of aryl methyl sites for hydroxylation is 2. The third kappa shape index (κ3) is 2.68. The highest BCUT2D eigenvalue weighted by atomic mass is 16.3. The summed E-state index contributed by atoms with van der Waals surface area (Å²) in [6.45, 7) is 1.89. The van der Waals surface area contributed by atoms with E-state index in [-0.39, 0.29) is 11.7 Å². The minimum atomic E-state index is 0.207. The van der Waals surface area contributed by atoms with E-state index in [2.05, 4.69) is 9.97 Å². The number of phenols is 1. The van der Waals surface area contributed by atoms with Gasteiger partial charge in [0.25, 0.3) is 0 Å². The number of benzene rings is 1. The standard InChI is InChI=1S/C13H16N4O/c1-8-11(16-13(15)17-12(8)14)7-4-9-2-5-10(18)6-3-9/h2-3,5-6,18H,4,7H2,1H3,(H4,14,15,16,17). The summed E-state index contributed by atoms with van der Waals surface area (Å²) in [5.74, 6) is 0.910. The van der Waals surface area contributed by atoms with Crippen molar-refractivity contribution in [1.29, 1.82) is 0 Å². The minimum absolute atomic E-state index is 0.207. The van der Waals surface area contributed by atoms with Gasteiger partial charge < -0.3 is 16.6 Å². The number of phenolic OH excluding ortho intramolecular Hbond substituents is 1. The molecule has 0 aliphatic heterocycles. The molecule has 1 heterocycles. The van der Waals surface area contributed by atoms with E-state index in [4.69, 9.17) is 11.5 Å². The zero-order chi connectivity index (χ0) is 13.1. The molecule has 94 valence electrons. The van der Waals surface area contributed by atoms with Crippen molar-refractivity contribution >= 4 is 11.8 Å². The van der Waals surface area contributed by atoms with Crippen LogP contribution in [0, 0.1) is 6.92 Å². The zero-order valence-corrected chi connectivity index (χ0v) is 10.2. The third-order valence-electron chi connectivity index (χ3n) is 2.89. The molecule has 0 aliphatic rings.